The van der Waals surface area contributed by atoms with Gasteiger partial charge < -0.3 is 10.0 Å². The average molecular weight is 326 g/mol. The number of halogens is 2. The molecular formula is C17H21ClFNO2. The Balaban J connectivity index is 1.66. The Morgan fingerprint density at radius 2 is 1.95 bits per heavy atom. The van der Waals surface area contributed by atoms with E-state index in [-0.39, 0.29) is 29.8 Å². The van der Waals surface area contributed by atoms with Crippen LogP contribution in [0.1, 0.15) is 37.7 Å². The third-order valence-corrected chi connectivity index (χ3v) is 5.32. The molecule has 1 N–H and O–H groups in total. The molecular weight excluding hydrogens is 305 g/mol. The Morgan fingerprint density at radius 3 is 2.64 bits per heavy atom. The smallest absolute Gasteiger partial charge is 0.226 e. The molecule has 120 valence electrons. The monoisotopic (exact) mass is 325 g/mol. The molecule has 1 saturated carbocycles. The molecule has 3 nitrogen and oxygen atoms in total. The highest BCUT2D eigenvalue weighted by molar-refractivity contribution is 6.31. The number of likely N-dealkylation sites (tertiary alicyclic amines) is 1. The number of amides is 1. The fourth-order valence-corrected chi connectivity index (χ4v) is 3.90. The fourth-order valence-electron chi connectivity index (χ4n) is 3.66. The summed E-state index contributed by atoms with van der Waals surface area (Å²) >= 11 is 6.06. The maximum atomic E-state index is 13.9. The highest BCUT2D eigenvalue weighted by Crippen LogP contribution is 2.32. The summed E-state index contributed by atoms with van der Waals surface area (Å²) in [4.78, 5) is 14.5. The topological polar surface area (TPSA) is 40.5 Å². The maximum Gasteiger partial charge on any atom is 0.226 e. The van der Waals surface area contributed by atoms with Crippen molar-refractivity contribution in [3.8, 4) is 0 Å². The van der Waals surface area contributed by atoms with Gasteiger partial charge in [-0.1, -0.05) is 17.7 Å². The number of nitrogens with zero attached hydrogens (tertiary/aromatic N) is 1. The van der Waals surface area contributed by atoms with E-state index in [0.717, 1.165) is 38.6 Å². The summed E-state index contributed by atoms with van der Waals surface area (Å²) in [5.74, 6) is -0.401. The van der Waals surface area contributed by atoms with Crippen molar-refractivity contribution in [2.45, 2.75) is 50.7 Å². The first-order valence-electron chi connectivity index (χ1n) is 7.97. The van der Waals surface area contributed by atoms with Crippen molar-refractivity contribution in [3.05, 3.63) is 34.6 Å². The van der Waals surface area contributed by atoms with Crippen LogP contribution in [0.4, 0.5) is 4.39 Å². The molecule has 0 bridgehead atoms. The Hall–Kier alpha value is -1.13. The summed E-state index contributed by atoms with van der Waals surface area (Å²) in [5, 5.41) is 9.98. The number of hydrogen-bond acceptors (Lipinski definition) is 2. The lowest BCUT2D eigenvalue weighted by atomic mass is 9.92. The molecule has 2 aliphatic rings. The Bertz CT molecular complexity index is 537. The number of rotatable bonds is 3. The van der Waals surface area contributed by atoms with Crippen LogP contribution >= 0.6 is 11.6 Å². The molecule has 5 heteroatoms. The number of hydrogen-bond donors (Lipinski definition) is 1. The predicted molar refractivity (Wildman–Crippen MR) is 83.2 cm³/mol. The summed E-state index contributed by atoms with van der Waals surface area (Å²) in [5.41, 5.74) is 0.448. The molecule has 1 aliphatic heterocycles. The average Bonchev–Trinajstić information content (AvgIpc) is 2.85. The van der Waals surface area contributed by atoms with Crippen molar-refractivity contribution in [1.29, 1.82) is 0 Å². The lowest BCUT2D eigenvalue weighted by Gasteiger charge is -2.33. The van der Waals surface area contributed by atoms with Crippen molar-refractivity contribution in [2.24, 2.45) is 5.92 Å². The summed E-state index contributed by atoms with van der Waals surface area (Å²) in [6.07, 6.45) is 4.15. The SMILES string of the molecule is O=C1C(Cc2c(F)cccc2Cl)CCN1[C@H]1CC[C@@H](O)CC1. The number of benzene rings is 1. The van der Waals surface area contributed by atoms with Gasteiger partial charge in [-0.15, -0.1) is 0 Å². The molecule has 1 unspecified atom stereocenters. The molecule has 1 aromatic rings. The van der Waals surface area contributed by atoms with Gasteiger partial charge in [0, 0.05) is 29.1 Å². The van der Waals surface area contributed by atoms with Crippen molar-refractivity contribution >= 4 is 17.5 Å². The molecule has 1 atom stereocenters. The van der Waals surface area contributed by atoms with Gasteiger partial charge in [0.25, 0.3) is 0 Å². The molecule has 0 radical (unpaired) electrons. The number of aliphatic hydroxyl groups excluding tert-OH is 1. The normalized spacial score (nSPS) is 29.1. The lowest BCUT2D eigenvalue weighted by Crippen LogP contribution is -2.41. The molecule has 2 fully saturated rings. The second-order valence-electron chi connectivity index (χ2n) is 6.38. The lowest BCUT2D eigenvalue weighted by molar-refractivity contribution is -0.133. The van der Waals surface area contributed by atoms with Crippen LogP contribution in [0.25, 0.3) is 0 Å². The molecule has 1 heterocycles. The Kier molecular flexibility index (Phi) is 4.69. The summed E-state index contributed by atoms with van der Waals surface area (Å²) in [6.45, 7) is 0.732. The van der Waals surface area contributed by atoms with Crippen LogP contribution in [-0.2, 0) is 11.2 Å². The predicted octanol–water partition coefficient (Wildman–Crippen LogP) is 3.17. The largest absolute Gasteiger partial charge is 0.393 e. The van der Waals surface area contributed by atoms with E-state index in [2.05, 4.69) is 0 Å². The minimum Gasteiger partial charge on any atom is -0.393 e. The van der Waals surface area contributed by atoms with Gasteiger partial charge in [-0.25, -0.2) is 4.39 Å². The Labute approximate surface area is 135 Å². The van der Waals surface area contributed by atoms with E-state index in [1.54, 1.807) is 12.1 Å². The second-order valence-corrected chi connectivity index (χ2v) is 6.79. The van der Waals surface area contributed by atoms with Crippen LogP contribution in [0, 0.1) is 11.7 Å². The van der Waals surface area contributed by atoms with Crippen molar-refractivity contribution in [2.75, 3.05) is 6.54 Å². The quantitative estimate of drug-likeness (QED) is 0.927. The zero-order chi connectivity index (χ0) is 15.7. The molecule has 3 rings (SSSR count). The zero-order valence-corrected chi connectivity index (χ0v) is 13.2. The maximum absolute atomic E-state index is 13.9. The Morgan fingerprint density at radius 1 is 1.23 bits per heavy atom. The van der Waals surface area contributed by atoms with Gasteiger partial charge in [0.15, 0.2) is 0 Å². The van der Waals surface area contributed by atoms with Gasteiger partial charge in [0.2, 0.25) is 5.91 Å². The van der Waals surface area contributed by atoms with E-state index in [1.165, 1.54) is 6.07 Å². The highest BCUT2D eigenvalue weighted by Gasteiger charge is 2.37. The standard InChI is InChI=1S/C17H21ClFNO2/c18-15-2-1-3-16(19)14(15)10-11-8-9-20(17(11)22)12-4-6-13(21)7-5-12/h1-3,11-13,21H,4-10H2/t11?,12-,13+. The van der Waals surface area contributed by atoms with Gasteiger partial charge in [0.1, 0.15) is 5.82 Å². The molecule has 0 aromatic heterocycles. The summed E-state index contributed by atoms with van der Waals surface area (Å²) in [7, 11) is 0. The van der Waals surface area contributed by atoms with Crippen LogP contribution in [0.15, 0.2) is 18.2 Å². The van der Waals surface area contributed by atoms with Gasteiger partial charge in [-0.2, -0.15) is 0 Å². The minimum atomic E-state index is -0.334. The molecule has 1 amide bonds. The number of carbonyl (C=O) groups excluding carboxylic acids is 1. The fraction of sp³-hybridized carbons (Fsp3) is 0.588. The minimum absolute atomic E-state index is 0.112. The van der Waals surface area contributed by atoms with Gasteiger partial charge in [0.05, 0.1) is 6.10 Å². The van der Waals surface area contributed by atoms with Crippen LogP contribution < -0.4 is 0 Å². The highest BCUT2D eigenvalue weighted by atomic mass is 35.5. The van der Waals surface area contributed by atoms with E-state index in [9.17, 15) is 14.3 Å². The molecule has 1 aliphatic carbocycles. The van der Waals surface area contributed by atoms with E-state index in [0.29, 0.717) is 17.0 Å². The third kappa shape index (κ3) is 3.13. The second kappa shape index (κ2) is 6.55. The third-order valence-electron chi connectivity index (χ3n) is 4.97. The first-order valence-corrected chi connectivity index (χ1v) is 8.35. The van der Waals surface area contributed by atoms with E-state index in [1.807, 2.05) is 4.90 Å². The van der Waals surface area contributed by atoms with Crippen molar-refractivity contribution in [1.82, 2.24) is 4.90 Å². The first kappa shape index (κ1) is 15.8. The van der Waals surface area contributed by atoms with Gasteiger partial charge >= 0.3 is 0 Å². The van der Waals surface area contributed by atoms with Crippen LogP contribution in [0.5, 0.6) is 0 Å². The van der Waals surface area contributed by atoms with Crippen molar-refractivity contribution < 1.29 is 14.3 Å². The van der Waals surface area contributed by atoms with Crippen molar-refractivity contribution in [3.63, 3.8) is 0 Å². The first-order chi connectivity index (χ1) is 10.6. The van der Waals surface area contributed by atoms with Crippen LogP contribution in [0.2, 0.25) is 5.02 Å². The summed E-state index contributed by atoms with van der Waals surface area (Å²) in [6, 6.07) is 4.87. The van der Waals surface area contributed by atoms with Gasteiger partial charge in [-0.3, -0.25) is 4.79 Å². The molecule has 22 heavy (non-hydrogen) atoms. The van der Waals surface area contributed by atoms with E-state index >= 15 is 0 Å². The molecule has 1 aromatic carbocycles. The van der Waals surface area contributed by atoms with E-state index < -0.39 is 0 Å². The number of aliphatic hydroxyl groups is 1. The summed E-state index contributed by atoms with van der Waals surface area (Å²) < 4.78 is 13.9. The zero-order valence-electron chi connectivity index (χ0n) is 12.5. The van der Waals surface area contributed by atoms with Crippen LogP contribution in [-0.4, -0.2) is 34.6 Å². The molecule has 0 spiro atoms. The van der Waals surface area contributed by atoms with Crippen LogP contribution in [0.3, 0.4) is 0 Å². The molecule has 1 saturated heterocycles. The number of carbonyl (C=O) groups is 1. The van der Waals surface area contributed by atoms with Gasteiger partial charge in [-0.05, 0) is 50.7 Å². The van der Waals surface area contributed by atoms with E-state index in [4.69, 9.17) is 11.6 Å².